The quantitative estimate of drug-likeness (QED) is 0.435. The molecule has 1 aliphatic carbocycles. The predicted molar refractivity (Wildman–Crippen MR) is 67.6 cm³/mol. The molecule has 8 N–H and O–H groups in total. The summed E-state index contributed by atoms with van der Waals surface area (Å²) in [5.74, 6) is 0.639. The number of nitrogens with two attached hydrogens (primary N) is 4. The highest BCUT2D eigenvalue weighted by atomic mass is 16.5. The first kappa shape index (κ1) is 11.3. The number of hydrogen-bond donors (Lipinski definition) is 4. The summed E-state index contributed by atoms with van der Waals surface area (Å²) in [5.41, 5.74) is 23.9. The summed E-state index contributed by atoms with van der Waals surface area (Å²) >= 11 is 0. The van der Waals surface area contributed by atoms with Gasteiger partial charge >= 0.3 is 0 Å². The Morgan fingerprint density at radius 2 is 1.71 bits per heavy atom. The summed E-state index contributed by atoms with van der Waals surface area (Å²) in [7, 11) is 0. The highest BCUT2D eigenvalue weighted by Crippen LogP contribution is 2.25. The number of ether oxygens (including phenoxy) is 1. The normalized spacial score (nSPS) is 23.8. The van der Waals surface area contributed by atoms with Crippen LogP contribution in [0.2, 0.25) is 0 Å². The second-order valence-corrected chi connectivity index (χ2v) is 4.12. The van der Waals surface area contributed by atoms with E-state index in [2.05, 4.69) is 0 Å². The SMILES string of the molecule is NC1=C(N)CC(N)(Oc2ccc(N)cc2)C=C1. The van der Waals surface area contributed by atoms with E-state index in [4.69, 9.17) is 27.7 Å². The molecule has 1 unspecified atom stereocenters. The zero-order valence-electron chi connectivity index (χ0n) is 9.39. The molecule has 1 aliphatic rings. The standard InChI is InChI=1S/C12H16N4O/c13-8-1-3-9(4-2-8)17-12(16)6-5-10(14)11(15)7-12/h1-6H,7,13-16H2. The largest absolute Gasteiger partial charge is 0.469 e. The molecule has 17 heavy (non-hydrogen) atoms. The van der Waals surface area contributed by atoms with Crippen LogP contribution >= 0.6 is 0 Å². The molecule has 0 saturated carbocycles. The van der Waals surface area contributed by atoms with Crippen molar-refractivity contribution in [3.05, 3.63) is 47.8 Å². The monoisotopic (exact) mass is 232 g/mol. The Bertz CT molecular complexity index is 478. The molecule has 0 amide bonds. The van der Waals surface area contributed by atoms with Crippen molar-refractivity contribution in [1.82, 2.24) is 0 Å². The van der Waals surface area contributed by atoms with Crippen LogP contribution in [0.15, 0.2) is 47.8 Å². The molecule has 1 aromatic carbocycles. The zero-order chi connectivity index (χ0) is 12.5. The highest BCUT2D eigenvalue weighted by molar-refractivity contribution is 5.42. The van der Waals surface area contributed by atoms with E-state index < -0.39 is 5.72 Å². The van der Waals surface area contributed by atoms with Gasteiger partial charge < -0.3 is 21.9 Å². The van der Waals surface area contributed by atoms with Crippen molar-refractivity contribution in [2.45, 2.75) is 12.1 Å². The molecule has 0 radical (unpaired) electrons. The van der Waals surface area contributed by atoms with Gasteiger partial charge in [0, 0.05) is 17.8 Å². The maximum Gasteiger partial charge on any atom is 0.183 e. The van der Waals surface area contributed by atoms with Crippen LogP contribution in [0.25, 0.3) is 0 Å². The fourth-order valence-electron chi connectivity index (χ4n) is 1.62. The number of hydrogen-bond acceptors (Lipinski definition) is 5. The molecule has 5 heteroatoms. The van der Waals surface area contributed by atoms with Crippen LogP contribution in [0, 0.1) is 0 Å². The summed E-state index contributed by atoms with van der Waals surface area (Å²) in [5, 5.41) is 0. The number of anilines is 1. The number of rotatable bonds is 2. The van der Waals surface area contributed by atoms with Crippen LogP contribution in [0.4, 0.5) is 5.69 Å². The van der Waals surface area contributed by atoms with Crippen LogP contribution in [-0.4, -0.2) is 5.72 Å². The van der Waals surface area contributed by atoms with Crippen molar-refractivity contribution in [3.8, 4) is 5.75 Å². The molecule has 0 saturated heterocycles. The smallest absolute Gasteiger partial charge is 0.183 e. The molecular formula is C12H16N4O. The first-order valence-corrected chi connectivity index (χ1v) is 5.25. The van der Waals surface area contributed by atoms with E-state index in [1.54, 1.807) is 36.4 Å². The summed E-state index contributed by atoms with van der Waals surface area (Å²) < 4.78 is 5.68. The van der Waals surface area contributed by atoms with E-state index in [1.165, 1.54) is 0 Å². The van der Waals surface area contributed by atoms with Crippen molar-refractivity contribution in [2.24, 2.45) is 17.2 Å². The van der Waals surface area contributed by atoms with Crippen LogP contribution in [0.3, 0.4) is 0 Å². The van der Waals surface area contributed by atoms with Gasteiger partial charge in [0.2, 0.25) is 0 Å². The minimum Gasteiger partial charge on any atom is -0.469 e. The second kappa shape index (κ2) is 4.03. The van der Waals surface area contributed by atoms with Gasteiger partial charge in [-0.15, -0.1) is 0 Å². The molecule has 0 fully saturated rings. The first-order chi connectivity index (χ1) is 7.98. The van der Waals surface area contributed by atoms with Crippen molar-refractivity contribution in [1.29, 1.82) is 0 Å². The third-order valence-electron chi connectivity index (χ3n) is 2.57. The van der Waals surface area contributed by atoms with Crippen LogP contribution < -0.4 is 27.7 Å². The van der Waals surface area contributed by atoms with Crippen LogP contribution in [0.5, 0.6) is 5.75 Å². The average Bonchev–Trinajstić information content (AvgIpc) is 2.28. The summed E-state index contributed by atoms with van der Waals surface area (Å²) in [6.45, 7) is 0. The van der Waals surface area contributed by atoms with Gasteiger partial charge in [0.1, 0.15) is 5.75 Å². The Labute approximate surface area is 99.7 Å². The first-order valence-electron chi connectivity index (χ1n) is 5.25. The molecular weight excluding hydrogens is 216 g/mol. The molecule has 0 aliphatic heterocycles. The second-order valence-electron chi connectivity index (χ2n) is 4.12. The number of benzene rings is 1. The lowest BCUT2D eigenvalue weighted by Gasteiger charge is -2.30. The predicted octanol–water partition coefficient (Wildman–Crippen LogP) is 0.392. The van der Waals surface area contributed by atoms with Crippen molar-refractivity contribution < 1.29 is 4.74 Å². The van der Waals surface area contributed by atoms with Crippen molar-refractivity contribution in [2.75, 3.05) is 5.73 Å². The molecule has 1 atom stereocenters. The average molecular weight is 232 g/mol. The molecule has 5 nitrogen and oxygen atoms in total. The van der Waals surface area contributed by atoms with Gasteiger partial charge in [0.25, 0.3) is 0 Å². The maximum atomic E-state index is 6.07. The molecule has 0 aromatic heterocycles. The minimum absolute atomic E-state index is 0.361. The molecule has 0 heterocycles. The fourth-order valence-corrected chi connectivity index (χ4v) is 1.62. The fraction of sp³-hybridized carbons (Fsp3) is 0.167. The van der Waals surface area contributed by atoms with Gasteiger partial charge in [-0.2, -0.15) is 0 Å². The van der Waals surface area contributed by atoms with E-state index in [9.17, 15) is 0 Å². The summed E-state index contributed by atoms with van der Waals surface area (Å²) in [4.78, 5) is 0. The van der Waals surface area contributed by atoms with Gasteiger partial charge in [-0.25, -0.2) is 0 Å². The van der Waals surface area contributed by atoms with Gasteiger partial charge in [-0.3, -0.25) is 5.73 Å². The molecule has 2 rings (SSSR count). The topological polar surface area (TPSA) is 113 Å². The Morgan fingerprint density at radius 3 is 2.29 bits per heavy atom. The lowest BCUT2D eigenvalue weighted by Crippen LogP contribution is -2.46. The maximum absolute atomic E-state index is 6.07. The van der Waals surface area contributed by atoms with Gasteiger partial charge in [-0.05, 0) is 36.4 Å². The minimum atomic E-state index is -0.955. The van der Waals surface area contributed by atoms with E-state index in [0.29, 0.717) is 29.3 Å². The van der Waals surface area contributed by atoms with E-state index in [1.807, 2.05) is 0 Å². The zero-order valence-corrected chi connectivity index (χ0v) is 9.39. The number of allylic oxidation sites excluding steroid dienone is 1. The van der Waals surface area contributed by atoms with Gasteiger partial charge in [0.05, 0.1) is 5.70 Å². The number of nitrogen functional groups attached to an aromatic ring is 1. The molecule has 0 spiro atoms. The Balaban J connectivity index is 2.15. The Morgan fingerprint density at radius 1 is 1.06 bits per heavy atom. The lowest BCUT2D eigenvalue weighted by molar-refractivity contribution is 0.125. The van der Waals surface area contributed by atoms with Crippen molar-refractivity contribution >= 4 is 5.69 Å². The van der Waals surface area contributed by atoms with Crippen LogP contribution in [0.1, 0.15) is 6.42 Å². The van der Waals surface area contributed by atoms with Gasteiger partial charge in [0.15, 0.2) is 5.72 Å². The molecule has 1 aromatic rings. The third-order valence-corrected chi connectivity index (χ3v) is 2.57. The van der Waals surface area contributed by atoms with Crippen LogP contribution in [-0.2, 0) is 0 Å². The molecule has 0 bridgehead atoms. The highest BCUT2D eigenvalue weighted by Gasteiger charge is 2.28. The summed E-state index contributed by atoms with van der Waals surface area (Å²) in [6.07, 6.45) is 3.73. The van der Waals surface area contributed by atoms with Gasteiger partial charge in [-0.1, -0.05) is 0 Å². The lowest BCUT2D eigenvalue weighted by atomic mass is 10.0. The Kier molecular flexibility index (Phi) is 2.69. The Hall–Kier alpha value is -2.14. The van der Waals surface area contributed by atoms with E-state index >= 15 is 0 Å². The third kappa shape index (κ3) is 2.51. The van der Waals surface area contributed by atoms with E-state index in [0.717, 1.165) is 0 Å². The van der Waals surface area contributed by atoms with E-state index in [-0.39, 0.29) is 0 Å². The molecule has 90 valence electrons. The summed E-state index contributed by atoms with van der Waals surface area (Å²) in [6, 6.07) is 7.02. The van der Waals surface area contributed by atoms with Crippen molar-refractivity contribution in [3.63, 3.8) is 0 Å².